The van der Waals surface area contributed by atoms with Crippen LogP contribution in [0.1, 0.15) is 30.0 Å². The number of benzene rings is 3. The van der Waals surface area contributed by atoms with Gasteiger partial charge in [-0.3, -0.25) is 0 Å². The fraction of sp³-hybridized carbons (Fsp3) is 0.130. The second-order valence-corrected chi connectivity index (χ2v) is 7.01. The summed E-state index contributed by atoms with van der Waals surface area (Å²) in [5.41, 5.74) is 3.57. The fourth-order valence-electron chi connectivity index (χ4n) is 3.06. The number of aryl methyl sites for hydroxylation is 1. The van der Waals surface area contributed by atoms with E-state index in [2.05, 4.69) is 34.6 Å². The van der Waals surface area contributed by atoms with E-state index in [0.29, 0.717) is 17.3 Å². The lowest BCUT2D eigenvalue weighted by Crippen LogP contribution is -2.13. The van der Waals surface area contributed by atoms with Crippen molar-refractivity contribution in [1.29, 1.82) is 0 Å². The lowest BCUT2D eigenvalue weighted by molar-refractivity contribution is 0.494. The van der Waals surface area contributed by atoms with Crippen LogP contribution in [0.25, 0.3) is 11.5 Å². The van der Waals surface area contributed by atoms with E-state index < -0.39 is 11.9 Å². The van der Waals surface area contributed by atoms with Gasteiger partial charge in [0.2, 0.25) is 11.8 Å². The first-order valence-electron chi connectivity index (χ1n) is 9.33. The highest BCUT2D eigenvalue weighted by molar-refractivity contribution is 6.31. The number of nitrogens with zero attached hydrogens (tertiary/aromatic N) is 2. The van der Waals surface area contributed by atoms with Crippen molar-refractivity contribution < 1.29 is 8.81 Å². The first-order valence-corrected chi connectivity index (χ1v) is 9.71. The third kappa shape index (κ3) is 4.30. The van der Waals surface area contributed by atoms with Crippen molar-refractivity contribution in [2.75, 3.05) is 5.32 Å². The van der Waals surface area contributed by atoms with Crippen LogP contribution in [0.3, 0.4) is 0 Å². The molecule has 0 spiro atoms. The quantitative estimate of drug-likeness (QED) is 0.408. The summed E-state index contributed by atoms with van der Waals surface area (Å²) >= 11 is 6.34. The molecule has 4 aromatic rings. The molecule has 146 valence electrons. The van der Waals surface area contributed by atoms with Crippen LogP contribution in [-0.2, 0) is 6.42 Å². The molecule has 1 atom stereocenters. The van der Waals surface area contributed by atoms with E-state index in [4.69, 9.17) is 16.0 Å². The van der Waals surface area contributed by atoms with Gasteiger partial charge in [-0.05, 0) is 48.4 Å². The lowest BCUT2D eigenvalue weighted by atomic mass is 10.1. The van der Waals surface area contributed by atoms with Gasteiger partial charge in [0.05, 0.1) is 0 Å². The summed E-state index contributed by atoms with van der Waals surface area (Å²) in [6, 6.07) is 21.3. The van der Waals surface area contributed by atoms with Crippen molar-refractivity contribution in [2.24, 2.45) is 0 Å². The Morgan fingerprint density at radius 3 is 2.45 bits per heavy atom. The number of hydrogen-bond donors (Lipinski definition) is 1. The van der Waals surface area contributed by atoms with Gasteiger partial charge in [0.25, 0.3) is 0 Å². The molecule has 4 nitrogen and oxygen atoms in total. The third-order valence-corrected chi connectivity index (χ3v) is 4.98. The molecule has 0 bridgehead atoms. The van der Waals surface area contributed by atoms with Gasteiger partial charge in [0, 0.05) is 21.8 Å². The lowest BCUT2D eigenvalue weighted by Gasteiger charge is -2.18. The van der Waals surface area contributed by atoms with Gasteiger partial charge in [-0.1, -0.05) is 54.9 Å². The minimum absolute atomic E-state index is 0.284. The van der Waals surface area contributed by atoms with Gasteiger partial charge < -0.3 is 9.73 Å². The van der Waals surface area contributed by atoms with E-state index in [9.17, 15) is 4.39 Å². The van der Waals surface area contributed by atoms with E-state index in [0.717, 1.165) is 17.7 Å². The van der Waals surface area contributed by atoms with Crippen LogP contribution in [0.4, 0.5) is 10.1 Å². The molecule has 0 fully saturated rings. The van der Waals surface area contributed by atoms with E-state index >= 15 is 0 Å². The van der Waals surface area contributed by atoms with E-state index in [1.54, 1.807) is 6.07 Å². The van der Waals surface area contributed by atoms with Crippen molar-refractivity contribution in [3.63, 3.8) is 0 Å². The molecular weight excluding hydrogens is 389 g/mol. The molecule has 6 heteroatoms. The van der Waals surface area contributed by atoms with E-state index in [-0.39, 0.29) is 5.02 Å². The molecule has 4 rings (SSSR count). The van der Waals surface area contributed by atoms with Crippen LogP contribution >= 0.6 is 11.6 Å². The SMILES string of the molecule is CCc1ccc(N[C@@H](c2nnc(-c3ccccc3)o2)c2ccc(F)cc2Cl)cc1. The highest BCUT2D eigenvalue weighted by atomic mass is 35.5. The Balaban J connectivity index is 1.72. The zero-order valence-corrected chi connectivity index (χ0v) is 16.5. The average molecular weight is 408 g/mol. The minimum Gasteiger partial charge on any atom is -0.418 e. The minimum atomic E-state index is -0.527. The number of rotatable bonds is 6. The summed E-state index contributed by atoms with van der Waals surface area (Å²) in [4.78, 5) is 0. The zero-order chi connectivity index (χ0) is 20.2. The molecule has 0 aliphatic carbocycles. The van der Waals surface area contributed by atoms with Crippen molar-refractivity contribution in [2.45, 2.75) is 19.4 Å². The Morgan fingerprint density at radius 1 is 1.00 bits per heavy atom. The number of halogens is 2. The molecule has 1 N–H and O–H groups in total. The average Bonchev–Trinajstić information content (AvgIpc) is 3.24. The maximum atomic E-state index is 13.6. The molecule has 0 aliphatic heterocycles. The summed E-state index contributed by atoms with van der Waals surface area (Å²) in [7, 11) is 0. The molecule has 0 saturated carbocycles. The van der Waals surface area contributed by atoms with Crippen LogP contribution in [0.5, 0.6) is 0 Å². The predicted molar refractivity (Wildman–Crippen MR) is 112 cm³/mol. The zero-order valence-electron chi connectivity index (χ0n) is 15.8. The van der Waals surface area contributed by atoms with Gasteiger partial charge in [0.1, 0.15) is 11.9 Å². The Labute approximate surface area is 173 Å². The number of hydrogen-bond acceptors (Lipinski definition) is 4. The third-order valence-electron chi connectivity index (χ3n) is 4.66. The second-order valence-electron chi connectivity index (χ2n) is 6.61. The molecule has 0 radical (unpaired) electrons. The van der Waals surface area contributed by atoms with Crippen molar-refractivity contribution in [3.05, 3.63) is 101 Å². The topological polar surface area (TPSA) is 51.0 Å². The Hall–Kier alpha value is -3.18. The molecule has 0 saturated heterocycles. The van der Waals surface area contributed by atoms with Crippen LogP contribution in [-0.4, -0.2) is 10.2 Å². The van der Waals surface area contributed by atoms with Gasteiger partial charge in [0.15, 0.2) is 0 Å². The molecule has 0 unspecified atom stereocenters. The Kier molecular flexibility index (Phi) is 5.58. The van der Waals surface area contributed by atoms with E-state index in [1.807, 2.05) is 42.5 Å². The van der Waals surface area contributed by atoms with Gasteiger partial charge >= 0.3 is 0 Å². The van der Waals surface area contributed by atoms with Crippen LogP contribution in [0.2, 0.25) is 5.02 Å². The van der Waals surface area contributed by atoms with Gasteiger partial charge in [-0.15, -0.1) is 10.2 Å². The summed E-state index contributed by atoms with van der Waals surface area (Å²) in [6.07, 6.45) is 0.956. The van der Waals surface area contributed by atoms with Gasteiger partial charge in [-0.25, -0.2) is 4.39 Å². The van der Waals surface area contributed by atoms with Crippen LogP contribution in [0, 0.1) is 5.82 Å². The summed E-state index contributed by atoms with van der Waals surface area (Å²) in [5.74, 6) is 0.351. The second kappa shape index (κ2) is 8.45. The monoisotopic (exact) mass is 407 g/mol. The Morgan fingerprint density at radius 2 is 1.76 bits per heavy atom. The van der Waals surface area contributed by atoms with Crippen LogP contribution < -0.4 is 5.32 Å². The summed E-state index contributed by atoms with van der Waals surface area (Å²) in [5, 5.41) is 12.1. The number of anilines is 1. The smallest absolute Gasteiger partial charge is 0.247 e. The first kappa shape index (κ1) is 19.2. The predicted octanol–water partition coefficient (Wildman–Crippen LogP) is 6.29. The first-order chi connectivity index (χ1) is 14.1. The largest absolute Gasteiger partial charge is 0.418 e. The summed E-state index contributed by atoms with van der Waals surface area (Å²) in [6.45, 7) is 2.10. The highest BCUT2D eigenvalue weighted by Gasteiger charge is 2.24. The number of nitrogens with one attached hydrogen (secondary N) is 1. The molecule has 3 aromatic carbocycles. The molecule has 0 aliphatic rings. The molecule has 1 heterocycles. The standard InChI is InChI=1S/C23H19ClFN3O/c1-2-15-8-11-18(12-9-15)26-21(19-13-10-17(25)14-20(19)24)23-28-27-22(29-23)16-6-4-3-5-7-16/h3-14,21,26H,2H2,1H3/t21-/m1/s1. The maximum absolute atomic E-state index is 13.6. The molecule has 0 amide bonds. The van der Waals surface area contributed by atoms with E-state index in [1.165, 1.54) is 17.7 Å². The van der Waals surface area contributed by atoms with Crippen molar-refractivity contribution >= 4 is 17.3 Å². The van der Waals surface area contributed by atoms with Crippen molar-refractivity contribution in [3.8, 4) is 11.5 Å². The Bertz CT molecular complexity index is 1100. The molecule has 29 heavy (non-hydrogen) atoms. The van der Waals surface area contributed by atoms with Gasteiger partial charge in [-0.2, -0.15) is 0 Å². The van der Waals surface area contributed by atoms with Crippen LogP contribution in [0.15, 0.2) is 77.2 Å². The van der Waals surface area contributed by atoms with Crippen molar-refractivity contribution in [1.82, 2.24) is 10.2 Å². The maximum Gasteiger partial charge on any atom is 0.247 e. The highest BCUT2D eigenvalue weighted by Crippen LogP contribution is 2.33. The fourth-order valence-corrected chi connectivity index (χ4v) is 3.34. The molecule has 1 aromatic heterocycles. The normalized spacial score (nSPS) is 12.0. The summed E-state index contributed by atoms with van der Waals surface area (Å²) < 4.78 is 19.5. The molecular formula is C23H19ClFN3O. The number of aromatic nitrogens is 2.